The number of hydrogen-bond donors (Lipinski definition) is 1. The molecule has 0 aliphatic heterocycles. The first-order valence-corrected chi connectivity index (χ1v) is 4.40. The zero-order valence-corrected chi connectivity index (χ0v) is 8.63. The van der Waals surface area contributed by atoms with Gasteiger partial charge in [0.2, 0.25) is 0 Å². The van der Waals surface area contributed by atoms with Crippen LogP contribution in [0.25, 0.3) is 0 Å². The lowest BCUT2D eigenvalue weighted by atomic mass is 10.1. The van der Waals surface area contributed by atoms with Crippen molar-refractivity contribution in [3.63, 3.8) is 0 Å². The Balaban J connectivity index is 3.10. The Morgan fingerprint density at radius 3 is 2.69 bits per heavy atom. The van der Waals surface area contributed by atoms with E-state index >= 15 is 0 Å². The van der Waals surface area contributed by atoms with Gasteiger partial charge in [0, 0.05) is 13.1 Å². The molecule has 0 fully saturated rings. The Morgan fingerprint density at radius 1 is 1.50 bits per heavy atom. The van der Waals surface area contributed by atoms with Gasteiger partial charge in [-0.15, -0.1) is 6.42 Å². The van der Waals surface area contributed by atoms with Crippen LogP contribution in [0.15, 0.2) is 12.1 Å². The highest BCUT2D eigenvalue weighted by atomic mass is 19.1. The summed E-state index contributed by atoms with van der Waals surface area (Å²) in [4.78, 5) is 12.8. The zero-order valence-electron chi connectivity index (χ0n) is 8.63. The summed E-state index contributed by atoms with van der Waals surface area (Å²) in [5.74, 6) is -0.249. The molecule has 5 heteroatoms. The summed E-state index contributed by atoms with van der Waals surface area (Å²) >= 11 is 0. The van der Waals surface area contributed by atoms with E-state index in [1.807, 2.05) is 0 Å². The number of carbonyl (C=O) groups excluding carboxylic acids is 1. The summed E-state index contributed by atoms with van der Waals surface area (Å²) in [6.45, 7) is 0.0373. The number of nitrogens with zero attached hydrogens (tertiary/aromatic N) is 1. The molecule has 0 aliphatic carbocycles. The number of terminal acetylenes is 1. The Bertz CT molecular complexity index is 466. The summed E-state index contributed by atoms with van der Waals surface area (Å²) in [6.07, 6.45) is 5.02. The second-order valence-corrected chi connectivity index (χ2v) is 3.22. The van der Waals surface area contributed by atoms with Gasteiger partial charge in [0.25, 0.3) is 5.91 Å². The van der Waals surface area contributed by atoms with Gasteiger partial charge in [-0.3, -0.25) is 4.79 Å². The molecular formula is C11H10F2N2O. The van der Waals surface area contributed by atoms with Gasteiger partial charge in [-0.25, -0.2) is 8.78 Å². The molecule has 1 aromatic carbocycles. The van der Waals surface area contributed by atoms with Crippen LogP contribution >= 0.6 is 0 Å². The van der Waals surface area contributed by atoms with Crippen LogP contribution in [0.1, 0.15) is 10.4 Å². The van der Waals surface area contributed by atoms with Crippen LogP contribution in [0.4, 0.5) is 14.5 Å². The predicted octanol–water partition coefficient (Wildman–Crippen LogP) is 1.25. The fourth-order valence-electron chi connectivity index (χ4n) is 1.14. The molecule has 0 aliphatic rings. The molecule has 0 unspecified atom stereocenters. The molecule has 1 amide bonds. The number of anilines is 1. The molecular weight excluding hydrogens is 214 g/mol. The monoisotopic (exact) mass is 224 g/mol. The number of amides is 1. The Labute approximate surface area is 91.8 Å². The van der Waals surface area contributed by atoms with E-state index in [4.69, 9.17) is 12.2 Å². The molecule has 0 radical (unpaired) electrons. The average molecular weight is 224 g/mol. The number of benzene rings is 1. The fourth-order valence-corrected chi connectivity index (χ4v) is 1.14. The van der Waals surface area contributed by atoms with Gasteiger partial charge in [0.1, 0.15) is 11.6 Å². The van der Waals surface area contributed by atoms with E-state index in [9.17, 15) is 13.6 Å². The maximum absolute atomic E-state index is 13.3. The van der Waals surface area contributed by atoms with E-state index in [1.165, 1.54) is 7.05 Å². The lowest BCUT2D eigenvalue weighted by Crippen LogP contribution is -2.28. The molecule has 3 nitrogen and oxygen atoms in total. The molecule has 0 atom stereocenters. The standard InChI is InChI=1S/C11H10F2N2O/c1-3-4-15(2)11(16)7-5-10(14)9(13)6-8(7)12/h1,5-6H,4,14H2,2H3. The summed E-state index contributed by atoms with van der Waals surface area (Å²) < 4.78 is 26.1. The minimum Gasteiger partial charge on any atom is -0.396 e. The van der Waals surface area contributed by atoms with E-state index in [0.29, 0.717) is 6.07 Å². The summed E-state index contributed by atoms with van der Waals surface area (Å²) in [5, 5.41) is 0. The van der Waals surface area contributed by atoms with Crippen molar-refractivity contribution >= 4 is 11.6 Å². The maximum Gasteiger partial charge on any atom is 0.257 e. The van der Waals surface area contributed by atoms with Crippen molar-refractivity contribution in [3.8, 4) is 12.3 Å². The van der Waals surface area contributed by atoms with Crippen LogP contribution in [0.5, 0.6) is 0 Å². The van der Waals surface area contributed by atoms with Gasteiger partial charge in [0.15, 0.2) is 0 Å². The first-order chi connectivity index (χ1) is 7.47. The molecule has 1 aromatic rings. The van der Waals surface area contributed by atoms with Crippen molar-refractivity contribution in [3.05, 3.63) is 29.3 Å². The van der Waals surface area contributed by atoms with E-state index in [0.717, 1.165) is 11.0 Å². The Morgan fingerprint density at radius 2 is 2.12 bits per heavy atom. The minimum atomic E-state index is -0.958. The number of carbonyl (C=O) groups is 1. The molecule has 0 bridgehead atoms. The van der Waals surface area contributed by atoms with E-state index in [2.05, 4.69) is 5.92 Å². The molecule has 2 N–H and O–H groups in total. The molecule has 0 saturated heterocycles. The lowest BCUT2D eigenvalue weighted by molar-refractivity contribution is 0.0808. The number of nitrogen functional groups attached to an aromatic ring is 1. The summed E-state index contributed by atoms with van der Waals surface area (Å²) in [5.41, 5.74) is 4.68. The van der Waals surface area contributed by atoms with Crippen LogP contribution in [0.2, 0.25) is 0 Å². The number of nitrogens with two attached hydrogens (primary N) is 1. The van der Waals surface area contributed by atoms with E-state index < -0.39 is 17.5 Å². The summed E-state index contributed by atoms with van der Waals surface area (Å²) in [6, 6.07) is 1.53. The van der Waals surface area contributed by atoms with Gasteiger partial charge in [0.05, 0.1) is 17.8 Å². The highest BCUT2D eigenvalue weighted by Gasteiger charge is 2.17. The molecule has 0 spiro atoms. The van der Waals surface area contributed by atoms with Crippen molar-refractivity contribution < 1.29 is 13.6 Å². The van der Waals surface area contributed by atoms with Crippen LogP contribution in [-0.2, 0) is 0 Å². The maximum atomic E-state index is 13.3. The molecule has 0 saturated carbocycles. The fraction of sp³-hybridized carbons (Fsp3) is 0.182. The quantitative estimate of drug-likeness (QED) is 0.607. The first kappa shape index (κ1) is 12.0. The molecule has 16 heavy (non-hydrogen) atoms. The van der Waals surface area contributed by atoms with Crippen molar-refractivity contribution in [2.75, 3.05) is 19.3 Å². The molecule has 0 heterocycles. The minimum absolute atomic E-state index is 0.0373. The van der Waals surface area contributed by atoms with E-state index in [-0.39, 0.29) is 17.8 Å². The smallest absolute Gasteiger partial charge is 0.257 e. The van der Waals surface area contributed by atoms with Gasteiger partial charge >= 0.3 is 0 Å². The van der Waals surface area contributed by atoms with Gasteiger partial charge in [-0.05, 0) is 6.07 Å². The lowest BCUT2D eigenvalue weighted by Gasteiger charge is -2.14. The number of hydrogen-bond acceptors (Lipinski definition) is 2. The van der Waals surface area contributed by atoms with Crippen LogP contribution in [0, 0.1) is 24.0 Å². The highest BCUT2D eigenvalue weighted by Crippen LogP contribution is 2.17. The topological polar surface area (TPSA) is 46.3 Å². The van der Waals surface area contributed by atoms with Crippen molar-refractivity contribution in [1.29, 1.82) is 0 Å². The van der Waals surface area contributed by atoms with Gasteiger partial charge in [-0.1, -0.05) is 5.92 Å². The van der Waals surface area contributed by atoms with Crippen molar-refractivity contribution in [1.82, 2.24) is 4.90 Å². The average Bonchev–Trinajstić information content (AvgIpc) is 2.23. The van der Waals surface area contributed by atoms with Crippen LogP contribution < -0.4 is 5.73 Å². The number of rotatable bonds is 2. The Kier molecular flexibility index (Phi) is 3.46. The predicted molar refractivity (Wildman–Crippen MR) is 56.6 cm³/mol. The SMILES string of the molecule is C#CCN(C)C(=O)c1cc(N)c(F)cc1F. The van der Waals surface area contributed by atoms with Crippen molar-refractivity contribution in [2.24, 2.45) is 0 Å². The Hall–Kier alpha value is -2.09. The van der Waals surface area contributed by atoms with Crippen LogP contribution in [-0.4, -0.2) is 24.4 Å². The van der Waals surface area contributed by atoms with E-state index in [1.54, 1.807) is 0 Å². The largest absolute Gasteiger partial charge is 0.396 e. The first-order valence-electron chi connectivity index (χ1n) is 4.40. The van der Waals surface area contributed by atoms with Crippen LogP contribution in [0.3, 0.4) is 0 Å². The second kappa shape index (κ2) is 4.62. The number of halogens is 2. The zero-order chi connectivity index (χ0) is 12.3. The normalized spacial score (nSPS) is 9.62. The van der Waals surface area contributed by atoms with Gasteiger partial charge < -0.3 is 10.6 Å². The second-order valence-electron chi connectivity index (χ2n) is 3.22. The molecule has 1 rings (SSSR count). The summed E-state index contributed by atoms with van der Waals surface area (Å²) in [7, 11) is 1.42. The third kappa shape index (κ3) is 2.28. The molecule has 84 valence electrons. The van der Waals surface area contributed by atoms with Gasteiger partial charge in [-0.2, -0.15) is 0 Å². The third-order valence-corrected chi connectivity index (χ3v) is 1.99. The molecule has 0 aromatic heterocycles. The highest BCUT2D eigenvalue weighted by molar-refractivity contribution is 5.95. The van der Waals surface area contributed by atoms with Crippen molar-refractivity contribution in [2.45, 2.75) is 0 Å². The third-order valence-electron chi connectivity index (χ3n) is 1.99.